The molecule has 2 heteroatoms. The predicted octanol–water partition coefficient (Wildman–Crippen LogP) is 1.98. The Labute approximate surface area is 65.7 Å². The molecule has 60 valence electrons. The molecule has 0 atom stereocenters. The molecule has 0 rings (SSSR count). The summed E-state index contributed by atoms with van der Waals surface area (Å²) in [5.41, 5.74) is 0. The van der Waals surface area contributed by atoms with Gasteiger partial charge in [-0.1, -0.05) is 19.2 Å². The summed E-state index contributed by atoms with van der Waals surface area (Å²) in [6, 6.07) is 1.23. The Balaban J connectivity index is 3.73. The van der Waals surface area contributed by atoms with E-state index in [1.54, 1.807) is 0 Å². The van der Waals surface area contributed by atoms with Crippen LogP contribution in [0.25, 0.3) is 0 Å². The first-order valence-electron chi connectivity index (χ1n) is 3.73. The molecule has 0 aromatic rings. The van der Waals surface area contributed by atoms with Crippen molar-refractivity contribution < 1.29 is 0 Å². The summed E-state index contributed by atoms with van der Waals surface area (Å²) >= 11 is 0. The number of hydrogen-bond acceptors (Lipinski definition) is 1. The first-order chi connectivity index (χ1) is 4.48. The van der Waals surface area contributed by atoms with Crippen molar-refractivity contribution in [3.05, 3.63) is 12.7 Å². The minimum Gasteiger partial charge on any atom is -0.312 e. The second-order valence-electron chi connectivity index (χ2n) is 3.89. The topological polar surface area (TPSA) is 3.24 Å². The predicted molar refractivity (Wildman–Crippen MR) is 51.0 cm³/mol. The van der Waals surface area contributed by atoms with Crippen LogP contribution in [0.15, 0.2) is 12.7 Å². The minimum atomic E-state index is -0.959. The van der Waals surface area contributed by atoms with Crippen LogP contribution in [0.5, 0.6) is 0 Å². The van der Waals surface area contributed by atoms with Gasteiger partial charge in [0.2, 0.25) is 0 Å². The lowest BCUT2D eigenvalue weighted by Crippen LogP contribution is -2.38. The van der Waals surface area contributed by atoms with E-state index in [1.165, 1.54) is 12.2 Å². The van der Waals surface area contributed by atoms with E-state index < -0.39 is 8.07 Å². The van der Waals surface area contributed by atoms with Crippen molar-refractivity contribution in [2.75, 3.05) is 20.3 Å². The average Bonchev–Trinajstić information content (AvgIpc) is 1.59. The number of hydrogen-bond donors (Lipinski definition) is 0. The van der Waals surface area contributed by atoms with Gasteiger partial charge in [0.25, 0.3) is 0 Å². The first-order valence-corrected chi connectivity index (χ1v) is 7.15. The van der Waals surface area contributed by atoms with E-state index in [0.717, 1.165) is 0 Å². The molecule has 0 aliphatic rings. The van der Waals surface area contributed by atoms with Gasteiger partial charge < -0.3 is 4.90 Å². The van der Waals surface area contributed by atoms with Crippen LogP contribution < -0.4 is 0 Å². The lowest BCUT2D eigenvalue weighted by atomic mass is 10.8. The Kier molecular flexibility index (Phi) is 3.90. The van der Waals surface area contributed by atoms with E-state index >= 15 is 0 Å². The van der Waals surface area contributed by atoms with Gasteiger partial charge >= 0.3 is 0 Å². The van der Waals surface area contributed by atoms with Crippen molar-refractivity contribution in [2.45, 2.75) is 19.1 Å². The van der Waals surface area contributed by atoms with Gasteiger partial charge in [-0.25, -0.2) is 0 Å². The van der Waals surface area contributed by atoms with Crippen LogP contribution in [0, 0.1) is 0 Å². The third kappa shape index (κ3) is 4.76. The molecule has 0 fully saturated rings. The summed E-state index contributed by atoms with van der Waals surface area (Å²) in [5, 5.41) is 0. The highest BCUT2D eigenvalue weighted by atomic mass is 28.3. The van der Waals surface area contributed by atoms with Crippen LogP contribution >= 0.6 is 0 Å². The van der Waals surface area contributed by atoms with Crippen molar-refractivity contribution >= 4 is 8.07 Å². The quantitative estimate of drug-likeness (QED) is 0.445. The van der Waals surface area contributed by atoms with Crippen molar-refractivity contribution in [3.63, 3.8) is 0 Å². The minimum absolute atomic E-state index is 0.959. The van der Waals surface area contributed by atoms with Gasteiger partial charge in [0.15, 0.2) is 0 Å². The van der Waals surface area contributed by atoms with E-state index in [9.17, 15) is 0 Å². The van der Waals surface area contributed by atoms with Gasteiger partial charge in [0.05, 0.1) is 8.07 Å². The summed E-state index contributed by atoms with van der Waals surface area (Å²) < 4.78 is 0. The molecule has 0 heterocycles. The van der Waals surface area contributed by atoms with Crippen molar-refractivity contribution in [1.29, 1.82) is 0 Å². The number of rotatable bonds is 4. The molecule has 0 spiro atoms. The van der Waals surface area contributed by atoms with Crippen molar-refractivity contribution in [1.82, 2.24) is 4.90 Å². The van der Waals surface area contributed by atoms with E-state index in [2.05, 4.69) is 44.7 Å². The van der Waals surface area contributed by atoms with E-state index in [0.29, 0.717) is 0 Å². The maximum Gasteiger partial charge on any atom is 0.0666 e. The van der Waals surface area contributed by atoms with Crippen LogP contribution in [-0.4, -0.2) is 33.2 Å². The fourth-order valence-corrected chi connectivity index (χ4v) is 3.93. The maximum atomic E-state index is 3.77. The smallest absolute Gasteiger partial charge is 0.0666 e. The summed E-state index contributed by atoms with van der Waals surface area (Å²) in [4.78, 5) is 2.27. The highest BCUT2D eigenvalue weighted by Crippen LogP contribution is 2.09. The summed E-state index contributed by atoms with van der Waals surface area (Å²) in [6.07, 6.45) is 3.31. The first kappa shape index (κ1) is 9.92. The number of nitrogens with zero attached hydrogens (tertiary/aromatic N) is 1. The molecule has 0 aliphatic heterocycles. The van der Waals surface area contributed by atoms with E-state index in [1.807, 2.05) is 0 Å². The fraction of sp³-hybridized carbons (Fsp3) is 0.750. The van der Waals surface area contributed by atoms with Gasteiger partial charge in [-0.3, -0.25) is 0 Å². The van der Waals surface area contributed by atoms with Crippen molar-refractivity contribution in [3.8, 4) is 0 Å². The van der Waals surface area contributed by atoms with Gasteiger partial charge in [-0.15, -0.1) is 6.58 Å². The van der Waals surface area contributed by atoms with Crippen LogP contribution in [0.1, 0.15) is 0 Å². The Morgan fingerprint density at radius 3 is 2.20 bits per heavy atom. The second kappa shape index (κ2) is 3.94. The van der Waals surface area contributed by atoms with Gasteiger partial charge in [-0.2, -0.15) is 0 Å². The summed E-state index contributed by atoms with van der Waals surface area (Å²) in [6.45, 7) is 8.56. The molecular formula is C8H19NSi. The van der Waals surface area contributed by atoms with Gasteiger partial charge in [-0.05, 0) is 26.3 Å². The van der Waals surface area contributed by atoms with Crippen LogP contribution in [0.2, 0.25) is 19.1 Å². The van der Waals surface area contributed by atoms with E-state index in [-0.39, 0.29) is 0 Å². The molecule has 0 unspecified atom stereocenters. The van der Waals surface area contributed by atoms with Crippen LogP contribution in [0.4, 0.5) is 0 Å². The highest BCUT2D eigenvalue weighted by Gasteiger charge is 2.18. The highest BCUT2D eigenvalue weighted by molar-refractivity contribution is 6.77. The lowest BCUT2D eigenvalue weighted by Gasteiger charge is -2.24. The molecule has 0 aliphatic carbocycles. The fourth-order valence-electron chi connectivity index (χ4n) is 1.31. The normalized spacial score (nSPS) is 12.1. The zero-order chi connectivity index (χ0) is 8.20. The maximum absolute atomic E-state index is 3.77. The average molecular weight is 157 g/mol. The Morgan fingerprint density at radius 2 is 1.90 bits per heavy atom. The SMILES string of the molecule is C=CC[Si](C)(C)CN(C)C. The molecule has 0 bridgehead atoms. The third-order valence-electron chi connectivity index (χ3n) is 1.44. The molecule has 0 radical (unpaired) electrons. The molecule has 10 heavy (non-hydrogen) atoms. The molecule has 0 amide bonds. The molecular weight excluding hydrogens is 138 g/mol. The zero-order valence-electron chi connectivity index (χ0n) is 7.65. The zero-order valence-corrected chi connectivity index (χ0v) is 8.65. The Morgan fingerprint density at radius 1 is 1.40 bits per heavy atom. The third-order valence-corrected chi connectivity index (χ3v) is 4.32. The Hall–Kier alpha value is -0.0831. The van der Waals surface area contributed by atoms with E-state index in [4.69, 9.17) is 0 Å². The monoisotopic (exact) mass is 157 g/mol. The molecule has 0 saturated heterocycles. The van der Waals surface area contributed by atoms with Crippen molar-refractivity contribution in [2.24, 2.45) is 0 Å². The molecule has 0 saturated carbocycles. The summed E-state index contributed by atoms with van der Waals surface area (Å²) in [7, 11) is 3.31. The van der Waals surface area contributed by atoms with Gasteiger partial charge in [0, 0.05) is 0 Å². The standard InChI is InChI=1S/C8H19NSi/c1-6-7-10(4,5)8-9(2)3/h6H,1,7-8H2,2-5H3. The molecule has 0 aromatic carbocycles. The molecule has 0 N–H and O–H groups in total. The second-order valence-corrected chi connectivity index (χ2v) is 8.95. The lowest BCUT2D eigenvalue weighted by molar-refractivity contribution is 0.470. The van der Waals surface area contributed by atoms with Crippen LogP contribution in [-0.2, 0) is 0 Å². The largest absolute Gasteiger partial charge is 0.312 e. The molecule has 0 aromatic heterocycles. The Bertz CT molecular complexity index is 108. The molecule has 1 nitrogen and oxygen atoms in total. The summed E-state index contributed by atoms with van der Waals surface area (Å²) in [5.74, 6) is 0. The number of allylic oxidation sites excluding steroid dienone is 1. The van der Waals surface area contributed by atoms with Crippen LogP contribution in [0.3, 0.4) is 0 Å². The van der Waals surface area contributed by atoms with Gasteiger partial charge in [0.1, 0.15) is 0 Å².